The van der Waals surface area contributed by atoms with Crippen LogP contribution in [0, 0.1) is 13.8 Å². The van der Waals surface area contributed by atoms with Gasteiger partial charge in [-0.1, -0.05) is 18.2 Å². The van der Waals surface area contributed by atoms with Crippen molar-refractivity contribution in [2.75, 3.05) is 18.0 Å². The summed E-state index contributed by atoms with van der Waals surface area (Å²) in [5, 5.41) is 4.95. The van der Waals surface area contributed by atoms with E-state index < -0.39 is 5.91 Å². The standard InChI is InChI=1S/C21H26N6O/c1-12-13(2)24-20(19(22)28)26-21(12)27-9-8-16(11-27)23-14(3)18-10-15-6-4-5-7-17(15)25-18/h4-7,10,14,16,23,25H,8-9,11H2,1-3H3,(H2,22,28)/t14?,16-/m1/s1. The van der Waals surface area contributed by atoms with Crippen molar-refractivity contribution in [3.8, 4) is 0 Å². The van der Waals surface area contributed by atoms with Crippen molar-refractivity contribution < 1.29 is 4.79 Å². The molecule has 0 spiro atoms. The lowest BCUT2D eigenvalue weighted by atomic mass is 10.1. The highest BCUT2D eigenvalue weighted by molar-refractivity contribution is 5.89. The number of nitrogens with one attached hydrogen (secondary N) is 2. The highest BCUT2D eigenvalue weighted by Crippen LogP contribution is 2.26. The first-order chi connectivity index (χ1) is 13.4. The second-order valence-electron chi connectivity index (χ2n) is 7.58. The zero-order chi connectivity index (χ0) is 19.8. The molecule has 1 amide bonds. The van der Waals surface area contributed by atoms with Gasteiger partial charge in [-0.2, -0.15) is 0 Å². The molecule has 146 valence electrons. The van der Waals surface area contributed by atoms with Crippen LogP contribution in [-0.4, -0.2) is 40.0 Å². The number of nitrogens with zero attached hydrogens (tertiary/aromatic N) is 3. The SMILES string of the molecule is Cc1nc(C(N)=O)nc(N2CC[C@@H](NC(C)c3cc4ccccc4[nH]3)C2)c1C. The van der Waals surface area contributed by atoms with Gasteiger partial charge in [0.1, 0.15) is 5.82 Å². The number of benzene rings is 1. The fraction of sp³-hybridized carbons (Fsp3) is 0.381. The van der Waals surface area contributed by atoms with Crippen LogP contribution in [0.3, 0.4) is 0 Å². The minimum Gasteiger partial charge on any atom is -0.363 e. The molecule has 0 bridgehead atoms. The molecule has 1 aliphatic rings. The zero-order valence-corrected chi connectivity index (χ0v) is 16.5. The minimum atomic E-state index is -0.592. The highest BCUT2D eigenvalue weighted by atomic mass is 16.1. The van der Waals surface area contributed by atoms with E-state index in [1.54, 1.807) is 0 Å². The van der Waals surface area contributed by atoms with Gasteiger partial charge >= 0.3 is 0 Å². The lowest BCUT2D eigenvalue weighted by Crippen LogP contribution is -2.35. The zero-order valence-electron chi connectivity index (χ0n) is 16.5. The third-order valence-corrected chi connectivity index (χ3v) is 5.57. The van der Waals surface area contributed by atoms with E-state index in [-0.39, 0.29) is 11.9 Å². The predicted octanol–water partition coefficient (Wildman–Crippen LogP) is 2.60. The Morgan fingerprint density at radius 2 is 2.11 bits per heavy atom. The van der Waals surface area contributed by atoms with Gasteiger partial charge in [0.05, 0.1) is 0 Å². The normalized spacial score (nSPS) is 18.0. The van der Waals surface area contributed by atoms with E-state index >= 15 is 0 Å². The van der Waals surface area contributed by atoms with Gasteiger partial charge < -0.3 is 20.9 Å². The maximum atomic E-state index is 11.5. The summed E-state index contributed by atoms with van der Waals surface area (Å²) in [4.78, 5) is 25.9. The molecular formula is C21H26N6O. The maximum absolute atomic E-state index is 11.5. The summed E-state index contributed by atoms with van der Waals surface area (Å²) in [6, 6.07) is 11.1. The van der Waals surface area contributed by atoms with Crippen LogP contribution < -0.4 is 16.0 Å². The summed E-state index contributed by atoms with van der Waals surface area (Å²) in [7, 11) is 0. The van der Waals surface area contributed by atoms with E-state index in [4.69, 9.17) is 5.73 Å². The number of primary amides is 1. The Morgan fingerprint density at radius 1 is 1.32 bits per heavy atom. The average Bonchev–Trinajstić information content (AvgIpc) is 3.30. The molecule has 1 saturated heterocycles. The number of carbonyl (C=O) groups excluding carboxylic acids is 1. The van der Waals surface area contributed by atoms with Crippen LogP contribution in [0.5, 0.6) is 0 Å². The third-order valence-electron chi connectivity index (χ3n) is 5.57. The van der Waals surface area contributed by atoms with Crippen molar-refractivity contribution in [1.82, 2.24) is 20.3 Å². The molecule has 3 heterocycles. The monoisotopic (exact) mass is 378 g/mol. The molecule has 2 aromatic heterocycles. The van der Waals surface area contributed by atoms with Crippen molar-refractivity contribution in [1.29, 1.82) is 0 Å². The smallest absolute Gasteiger partial charge is 0.286 e. The number of aromatic nitrogens is 3. The molecule has 28 heavy (non-hydrogen) atoms. The van der Waals surface area contributed by atoms with E-state index in [2.05, 4.69) is 56.4 Å². The minimum absolute atomic E-state index is 0.0842. The van der Waals surface area contributed by atoms with E-state index in [9.17, 15) is 4.79 Å². The molecular weight excluding hydrogens is 352 g/mol. The van der Waals surface area contributed by atoms with Gasteiger partial charge in [0.2, 0.25) is 5.82 Å². The number of aromatic amines is 1. The summed E-state index contributed by atoms with van der Waals surface area (Å²) in [6.07, 6.45) is 1.01. The van der Waals surface area contributed by atoms with Crippen LogP contribution in [0.25, 0.3) is 10.9 Å². The second-order valence-corrected chi connectivity index (χ2v) is 7.58. The van der Waals surface area contributed by atoms with Gasteiger partial charge in [0, 0.05) is 47.6 Å². The Bertz CT molecular complexity index is 994. The molecule has 4 rings (SSSR count). The van der Waals surface area contributed by atoms with Crippen molar-refractivity contribution in [3.05, 3.63) is 53.1 Å². The predicted molar refractivity (Wildman–Crippen MR) is 110 cm³/mol. The average molecular weight is 378 g/mol. The first-order valence-electron chi connectivity index (χ1n) is 9.66. The van der Waals surface area contributed by atoms with E-state index in [0.717, 1.165) is 42.1 Å². The topological polar surface area (TPSA) is 99.9 Å². The molecule has 1 unspecified atom stereocenters. The molecule has 1 aliphatic heterocycles. The Morgan fingerprint density at radius 3 is 2.86 bits per heavy atom. The Labute approximate surface area is 164 Å². The number of amides is 1. The maximum Gasteiger partial charge on any atom is 0.286 e. The van der Waals surface area contributed by atoms with Crippen LogP contribution in [0.4, 0.5) is 5.82 Å². The van der Waals surface area contributed by atoms with E-state index in [1.807, 2.05) is 19.9 Å². The van der Waals surface area contributed by atoms with Crippen LogP contribution in [0.2, 0.25) is 0 Å². The summed E-state index contributed by atoms with van der Waals surface area (Å²) >= 11 is 0. The number of hydrogen-bond acceptors (Lipinski definition) is 5. The third kappa shape index (κ3) is 3.45. The van der Waals surface area contributed by atoms with E-state index in [0.29, 0.717) is 6.04 Å². The highest BCUT2D eigenvalue weighted by Gasteiger charge is 2.27. The van der Waals surface area contributed by atoms with Crippen molar-refractivity contribution in [3.63, 3.8) is 0 Å². The first-order valence-corrected chi connectivity index (χ1v) is 9.66. The molecule has 3 aromatic rings. The number of hydrogen-bond donors (Lipinski definition) is 3. The first kappa shape index (κ1) is 18.4. The lowest BCUT2D eigenvalue weighted by molar-refractivity contribution is 0.0990. The Hall–Kier alpha value is -2.93. The molecule has 2 atom stereocenters. The molecule has 1 aromatic carbocycles. The lowest BCUT2D eigenvalue weighted by Gasteiger charge is -2.22. The van der Waals surface area contributed by atoms with Crippen LogP contribution in [-0.2, 0) is 0 Å². The van der Waals surface area contributed by atoms with Gasteiger partial charge in [-0.15, -0.1) is 0 Å². The van der Waals surface area contributed by atoms with Gasteiger partial charge in [0.25, 0.3) is 5.91 Å². The fourth-order valence-electron chi connectivity index (χ4n) is 3.89. The number of aryl methyl sites for hydroxylation is 1. The number of rotatable bonds is 5. The second kappa shape index (κ2) is 7.24. The molecule has 0 aliphatic carbocycles. The summed E-state index contributed by atoms with van der Waals surface area (Å²) in [5.41, 5.74) is 9.52. The molecule has 0 saturated carbocycles. The van der Waals surface area contributed by atoms with Gasteiger partial charge in [-0.3, -0.25) is 4.79 Å². The van der Waals surface area contributed by atoms with Gasteiger partial charge in [-0.05, 0) is 44.7 Å². The number of H-pyrrole nitrogens is 1. The molecule has 7 nitrogen and oxygen atoms in total. The number of para-hydroxylation sites is 1. The van der Waals surface area contributed by atoms with Crippen molar-refractivity contribution in [2.24, 2.45) is 5.73 Å². The van der Waals surface area contributed by atoms with Crippen molar-refractivity contribution in [2.45, 2.75) is 39.3 Å². The van der Waals surface area contributed by atoms with Gasteiger partial charge in [0.15, 0.2) is 0 Å². The number of anilines is 1. The molecule has 7 heteroatoms. The Kier molecular flexibility index (Phi) is 4.77. The molecule has 0 radical (unpaired) electrons. The van der Waals surface area contributed by atoms with Crippen LogP contribution in [0.15, 0.2) is 30.3 Å². The van der Waals surface area contributed by atoms with E-state index in [1.165, 1.54) is 11.1 Å². The summed E-state index contributed by atoms with van der Waals surface area (Å²) < 4.78 is 0. The summed E-state index contributed by atoms with van der Waals surface area (Å²) in [6.45, 7) is 7.77. The molecule has 4 N–H and O–H groups in total. The number of nitrogens with two attached hydrogens (primary N) is 1. The summed E-state index contributed by atoms with van der Waals surface area (Å²) in [5.74, 6) is 0.301. The Balaban J connectivity index is 1.48. The molecule has 1 fully saturated rings. The van der Waals surface area contributed by atoms with Crippen LogP contribution >= 0.6 is 0 Å². The fourth-order valence-corrected chi connectivity index (χ4v) is 3.89. The van der Waals surface area contributed by atoms with Crippen LogP contribution in [0.1, 0.15) is 47.0 Å². The number of fused-ring (bicyclic) bond motifs is 1. The van der Waals surface area contributed by atoms with Gasteiger partial charge in [-0.25, -0.2) is 9.97 Å². The quantitative estimate of drug-likeness (QED) is 0.634. The number of carbonyl (C=O) groups is 1. The largest absolute Gasteiger partial charge is 0.363 e. The van der Waals surface area contributed by atoms with Crippen molar-refractivity contribution >= 4 is 22.6 Å².